The number of hydrogen-bond acceptors (Lipinski definition) is 5. The van der Waals surface area contributed by atoms with Crippen molar-refractivity contribution < 1.29 is 8.42 Å². The molecule has 0 radical (unpaired) electrons. The second-order valence-corrected chi connectivity index (χ2v) is 7.09. The molecule has 20 heavy (non-hydrogen) atoms. The summed E-state index contributed by atoms with van der Waals surface area (Å²) in [6, 6.07) is 5.71. The molecular weight excluding hydrogens is 344 g/mol. The highest BCUT2D eigenvalue weighted by Gasteiger charge is 2.07. The molecule has 1 heterocycles. The highest BCUT2D eigenvalue weighted by molar-refractivity contribution is 9.10. The molecule has 2 rings (SSSR count). The fraction of sp³-hybridized carbons (Fsp3) is 0.250. The molecule has 6 nitrogen and oxygen atoms in total. The fourth-order valence-electron chi connectivity index (χ4n) is 1.80. The number of nitrogens with zero attached hydrogens (tertiary/aromatic N) is 1. The fourth-order valence-corrected chi connectivity index (χ4v) is 2.64. The Bertz CT molecular complexity index is 728. The Morgan fingerprint density at radius 3 is 2.80 bits per heavy atom. The molecule has 1 aromatic carbocycles. The van der Waals surface area contributed by atoms with Crippen molar-refractivity contribution in [3.05, 3.63) is 28.9 Å². The van der Waals surface area contributed by atoms with Gasteiger partial charge in [0.15, 0.2) is 0 Å². The molecule has 2 aromatic rings. The predicted octanol–water partition coefficient (Wildman–Crippen LogP) is 1.54. The van der Waals surface area contributed by atoms with E-state index in [0.29, 0.717) is 12.2 Å². The lowest BCUT2D eigenvalue weighted by Crippen LogP contribution is -2.27. The zero-order chi connectivity index (χ0) is 14.8. The monoisotopic (exact) mass is 358 g/mol. The summed E-state index contributed by atoms with van der Waals surface area (Å²) in [5, 5.41) is 4.03. The summed E-state index contributed by atoms with van der Waals surface area (Å²) in [5.41, 5.74) is 8.03. The average Bonchev–Trinajstić information content (AvgIpc) is 2.35. The van der Waals surface area contributed by atoms with Crippen LogP contribution >= 0.6 is 15.9 Å². The molecule has 108 valence electrons. The van der Waals surface area contributed by atoms with Gasteiger partial charge in [-0.15, -0.1) is 0 Å². The van der Waals surface area contributed by atoms with Gasteiger partial charge in [-0.05, 0) is 18.2 Å². The number of aromatic nitrogens is 1. The Labute approximate surface area is 125 Å². The first-order valence-corrected chi connectivity index (χ1v) is 8.57. The van der Waals surface area contributed by atoms with E-state index in [9.17, 15) is 8.42 Å². The highest BCUT2D eigenvalue weighted by Crippen LogP contribution is 2.29. The minimum atomic E-state index is -3.18. The van der Waals surface area contributed by atoms with Gasteiger partial charge in [0.2, 0.25) is 10.0 Å². The third kappa shape index (κ3) is 3.81. The Morgan fingerprint density at radius 1 is 1.35 bits per heavy atom. The molecule has 0 aliphatic rings. The molecule has 0 spiro atoms. The summed E-state index contributed by atoms with van der Waals surface area (Å²) in [7, 11) is -3.18. The number of nitrogen functional groups attached to an aromatic ring is 1. The van der Waals surface area contributed by atoms with E-state index >= 15 is 0 Å². The normalized spacial score (nSPS) is 11.7. The van der Waals surface area contributed by atoms with Crippen LogP contribution < -0.4 is 15.8 Å². The number of benzene rings is 1. The van der Waals surface area contributed by atoms with Gasteiger partial charge >= 0.3 is 0 Å². The molecule has 0 bridgehead atoms. The number of sulfonamides is 1. The topological polar surface area (TPSA) is 97.1 Å². The van der Waals surface area contributed by atoms with Crippen LogP contribution in [0.1, 0.15) is 0 Å². The van der Waals surface area contributed by atoms with Crippen molar-refractivity contribution in [3.63, 3.8) is 0 Å². The Balaban J connectivity index is 2.20. The van der Waals surface area contributed by atoms with Gasteiger partial charge in [0.25, 0.3) is 0 Å². The van der Waals surface area contributed by atoms with E-state index in [2.05, 4.69) is 31.0 Å². The summed E-state index contributed by atoms with van der Waals surface area (Å²) in [6.07, 6.45) is 2.71. The zero-order valence-electron chi connectivity index (χ0n) is 10.9. The number of pyridine rings is 1. The summed E-state index contributed by atoms with van der Waals surface area (Å²) in [4.78, 5) is 4.25. The van der Waals surface area contributed by atoms with Crippen LogP contribution in [0.3, 0.4) is 0 Å². The largest absolute Gasteiger partial charge is 0.396 e. The molecule has 0 saturated heterocycles. The first kappa shape index (κ1) is 15.0. The SMILES string of the molecule is CS(=O)(=O)NCCNc1c(N)cnc2ccc(Br)cc12. The summed E-state index contributed by atoms with van der Waals surface area (Å²) in [6.45, 7) is 0.721. The van der Waals surface area contributed by atoms with Gasteiger partial charge in [0, 0.05) is 22.9 Å². The maximum atomic E-state index is 11.0. The molecule has 0 amide bonds. The van der Waals surface area contributed by atoms with Crippen LogP contribution in [0.4, 0.5) is 11.4 Å². The van der Waals surface area contributed by atoms with Gasteiger partial charge in [-0.1, -0.05) is 15.9 Å². The Morgan fingerprint density at radius 2 is 2.10 bits per heavy atom. The van der Waals surface area contributed by atoms with Crippen molar-refractivity contribution in [1.29, 1.82) is 0 Å². The molecule has 0 aliphatic heterocycles. The van der Waals surface area contributed by atoms with Gasteiger partial charge in [-0.25, -0.2) is 13.1 Å². The van der Waals surface area contributed by atoms with Crippen LogP contribution in [0.25, 0.3) is 10.9 Å². The first-order valence-electron chi connectivity index (χ1n) is 5.89. The molecule has 0 unspecified atom stereocenters. The van der Waals surface area contributed by atoms with E-state index in [1.54, 1.807) is 6.20 Å². The molecule has 0 aliphatic carbocycles. The second kappa shape index (κ2) is 5.94. The smallest absolute Gasteiger partial charge is 0.208 e. The third-order valence-electron chi connectivity index (χ3n) is 2.65. The maximum Gasteiger partial charge on any atom is 0.208 e. The lowest BCUT2D eigenvalue weighted by Gasteiger charge is -2.12. The van der Waals surface area contributed by atoms with Gasteiger partial charge < -0.3 is 11.1 Å². The number of hydrogen-bond donors (Lipinski definition) is 3. The van der Waals surface area contributed by atoms with Gasteiger partial charge in [-0.3, -0.25) is 4.98 Å². The zero-order valence-corrected chi connectivity index (χ0v) is 13.3. The summed E-state index contributed by atoms with van der Waals surface area (Å²) in [5.74, 6) is 0. The number of anilines is 2. The van der Waals surface area contributed by atoms with Crippen LogP contribution in [0.5, 0.6) is 0 Å². The van der Waals surface area contributed by atoms with Crippen LogP contribution in [0.2, 0.25) is 0 Å². The van der Waals surface area contributed by atoms with E-state index in [4.69, 9.17) is 5.73 Å². The molecular formula is C12H15BrN4O2S. The van der Waals surface area contributed by atoms with Crippen molar-refractivity contribution in [2.24, 2.45) is 0 Å². The van der Waals surface area contributed by atoms with Crippen LogP contribution in [-0.4, -0.2) is 32.7 Å². The van der Waals surface area contributed by atoms with E-state index < -0.39 is 10.0 Å². The quantitative estimate of drug-likeness (QED) is 0.704. The van der Waals surface area contributed by atoms with Gasteiger partial charge in [0.05, 0.1) is 29.3 Å². The number of nitrogens with one attached hydrogen (secondary N) is 2. The third-order valence-corrected chi connectivity index (χ3v) is 3.87. The molecule has 1 aromatic heterocycles. The van der Waals surface area contributed by atoms with Crippen molar-refractivity contribution in [2.45, 2.75) is 0 Å². The number of fused-ring (bicyclic) bond motifs is 1. The molecule has 0 fully saturated rings. The second-order valence-electron chi connectivity index (χ2n) is 4.34. The van der Waals surface area contributed by atoms with Crippen molar-refractivity contribution in [2.75, 3.05) is 30.4 Å². The standard InChI is InChI=1S/C12H15BrN4O2S/c1-20(18,19)17-5-4-15-12-9-6-8(13)2-3-11(9)16-7-10(12)14/h2-3,6-7,17H,4-5,14H2,1H3,(H,15,16). The first-order chi connectivity index (χ1) is 9.37. The lowest BCUT2D eigenvalue weighted by atomic mass is 10.1. The van der Waals surface area contributed by atoms with Gasteiger partial charge in [-0.2, -0.15) is 0 Å². The maximum absolute atomic E-state index is 11.0. The number of nitrogens with two attached hydrogens (primary N) is 1. The number of halogens is 1. The number of rotatable bonds is 5. The highest BCUT2D eigenvalue weighted by atomic mass is 79.9. The average molecular weight is 359 g/mol. The van der Waals surface area contributed by atoms with E-state index in [0.717, 1.165) is 27.3 Å². The lowest BCUT2D eigenvalue weighted by molar-refractivity contribution is 0.589. The van der Waals surface area contributed by atoms with Crippen molar-refractivity contribution in [1.82, 2.24) is 9.71 Å². The Kier molecular flexibility index (Phi) is 4.46. The van der Waals surface area contributed by atoms with E-state index in [1.807, 2.05) is 18.2 Å². The minimum Gasteiger partial charge on any atom is -0.396 e. The molecule has 4 N–H and O–H groups in total. The summed E-state index contributed by atoms with van der Waals surface area (Å²) >= 11 is 3.41. The van der Waals surface area contributed by atoms with Crippen LogP contribution in [-0.2, 0) is 10.0 Å². The van der Waals surface area contributed by atoms with Crippen LogP contribution in [0.15, 0.2) is 28.9 Å². The summed E-state index contributed by atoms with van der Waals surface area (Å²) < 4.78 is 25.3. The van der Waals surface area contributed by atoms with Crippen LogP contribution in [0, 0.1) is 0 Å². The minimum absolute atomic E-state index is 0.288. The van der Waals surface area contributed by atoms with Crippen molar-refractivity contribution >= 4 is 48.2 Å². The van der Waals surface area contributed by atoms with E-state index in [-0.39, 0.29) is 6.54 Å². The predicted molar refractivity (Wildman–Crippen MR) is 85.2 cm³/mol. The molecule has 0 saturated carbocycles. The van der Waals surface area contributed by atoms with E-state index in [1.165, 1.54) is 0 Å². The van der Waals surface area contributed by atoms with Gasteiger partial charge in [0.1, 0.15) is 0 Å². The van der Waals surface area contributed by atoms with Crippen molar-refractivity contribution in [3.8, 4) is 0 Å². The molecule has 0 atom stereocenters. The molecule has 8 heteroatoms. The Hall–Kier alpha value is -1.38.